The Bertz CT molecular complexity index is 534. The SMILES string of the molecule is CCC[C@@H](OC)[C@H](C)C[C@H](O[C@H]1CC(C)CC(C)O1)C(C)C(=O)OCC1CC(=O)O1. The lowest BCUT2D eigenvalue weighted by molar-refractivity contribution is -0.233. The fourth-order valence-corrected chi connectivity index (χ4v) is 4.37. The van der Waals surface area contributed by atoms with Gasteiger partial charge in [-0.15, -0.1) is 0 Å². The maximum atomic E-state index is 12.7. The molecule has 2 fully saturated rings. The van der Waals surface area contributed by atoms with Gasteiger partial charge in [0.15, 0.2) is 6.29 Å². The van der Waals surface area contributed by atoms with Crippen LogP contribution in [-0.4, -0.2) is 56.4 Å². The van der Waals surface area contributed by atoms with Gasteiger partial charge in [0.25, 0.3) is 0 Å². The molecule has 0 saturated carbocycles. The lowest BCUT2D eigenvalue weighted by Crippen LogP contribution is -2.42. The third-order valence-electron chi connectivity index (χ3n) is 6.19. The van der Waals surface area contributed by atoms with Crippen molar-refractivity contribution >= 4 is 11.9 Å². The molecule has 7 nitrogen and oxygen atoms in total. The van der Waals surface area contributed by atoms with Gasteiger partial charge < -0.3 is 23.7 Å². The zero-order chi connectivity index (χ0) is 22.3. The molecule has 0 N–H and O–H groups in total. The van der Waals surface area contributed by atoms with E-state index >= 15 is 0 Å². The first kappa shape index (κ1) is 25.1. The van der Waals surface area contributed by atoms with Crippen molar-refractivity contribution in [3.8, 4) is 0 Å². The largest absolute Gasteiger partial charge is 0.461 e. The number of rotatable bonds is 12. The summed E-state index contributed by atoms with van der Waals surface area (Å²) in [6.45, 7) is 10.5. The number of esters is 2. The van der Waals surface area contributed by atoms with Crippen LogP contribution in [0, 0.1) is 17.8 Å². The monoisotopic (exact) mass is 428 g/mol. The molecule has 7 heteroatoms. The van der Waals surface area contributed by atoms with Crippen LogP contribution in [0.5, 0.6) is 0 Å². The van der Waals surface area contributed by atoms with Crippen molar-refractivity contribution in [2.24, 2.45) is 17.8 Å². The van der Waals surface area contributed by atoms with E-state index in [1.807, 2.05) is 6.92 Å². The number of carbonyl (C=O) groups is 2. The van der Waals surface area contributed by atoms with E-state index in [-0.39, 0.29) is 55.2 Å². The fourth-order valence-electron chi connectivity index (χ4n) is 4.37. The Morgan fingerprint density at radius 1 is 1.20 bits per heavy atom. The van der Waals surface area contributed by atoms with Crippen molar-refractivity contribution in [3.63, 3.8) is 0 Å². The second kappa shape index (κ2) is 12.0. The van der Waals surface area contributed by atoms with Crippen molar-refractivity contribution in [1.82, 2.24) is 0 Å². The molecule has 2 aliphatic heterocycles. The van der Waals surface area contributed by atoms with Crippen LogP contribution < -0.4 is 0 Å². The maximum absolute atomic E-state index is 12.7. The molecule has 4 unspecified atom stereocenters. The van der Waals surface area contributed by atoms with Gasteiger partial charge in [-0.1, -0.05) is 27.2 Å². The van der Waals surface area contributed by atoms with Crippen molar-refractivity contribution in [2.75, 3.05) is 13.7 Å². The van der Waals surface area contributed by atoms with E-state index in [9.17, 15) is 9.59 Å². The van der Waals surface area contributed by atoms with E-state index < -0.39 is 5.92 Å². The molecular weight excluding hydrogens is 388 g/mol. The van der Waals surface area contributed by atoms with Crippen LogP contribution in [0.1, 0.15) is 73.1 Å². The molecule has 0 spiro atoms. The Kier molecular flexibility index (Phi) is 10.0. The quantitative estimate of drug-likeness (QED) is 0.437. The Hall–Kier alpha value is -1.18. The van der Waals surface area contributed by atoms with Crippen molar-refractivity contribution in [1.29, 1.82) is 0 Å². The minimum Gasteiger partial charge on any atom is -0.461 e. The molecule has 2 saturated heterocycles. The van der Waals surface area contributed by atoms with E-state index in [0.29, 0.717) is 18.8 Å². The van der Waals surface area contributed by atoms with Gasteiger partial charge in [-0.2, -0.15) is 0 Å². The van der Waals surface area contributed by atoms with Gasteiger partial charge in [0.1, 0.15) is 12.7 Å². The zero-order valence-electron chi connectivity index (χ0n) is 19.4. The van der Waals surface area contributed by atoms with Gasteiger partial charge in [0.05, 0.1) is 30.7 Å². The number of methoxy groups -OCH3 is 1. The molecule has 0 aliphatic carbocycles. The molecule has 0 aromatic rings. The number of cyclic esters (lactones) is 1. The summed E-state index contributed by atoms with van der Waals surface area (Å²) in [4.78, 5) is 23.6. The van der Waals surface area contributed by atoms with E-state index in [4.69, 9.17) is 23.7 Å². The van der Waals surface area contributed by atoms with E-state index in [2.05, 4.69) is 27.7 Å². The molecule has 2 heterocycles. The van der Waals surface area contributed by atoms with Crippen LogP contribution in [-0.2, 0) is 33.3 Å². The summed E-state index contributed by atoms with van der Waals surface area (Å²) in [6, 6.07) is 0. The van der Waals surface area contributed by atoms with E-state index in [0.717, 1.165) is 25.7 Å². The highest BCUT2D eigenvalue weighted by molar-refractivity contribution is 5.76. The molecule has 0 aromatic heterocycles. The minimum absolute atomic E-state index is 0.0989. The standard InChI is InChI=1S/C23H40O7/c1-7-8-19(26-6)15(3)11-20(30-22-10-14(2)9-16(4)28-22)17(5)23(25)27-13-18-12-21(24)29-18/h14-20,22H,7-13H2,1-6H3/t14?,15-,16?,17?,18?,19-,20+,22+/m1/s1. The molecule has 0 amide bonds. The van der Waals surface area contributed by atoms with Gasteiger partial charge in [-0.3, -0.25) is 9.59 Å². The highest BCUT2D eigenvalue weighted by atomic mass is 16.7. The van der Waals surface area contributed by atoms with Gasteiger partial charge in [0, 0.05) is 13.5 Å². The molecule has 0 radical (unpaired) electrons. The minimum atomic E-state index is -0.460. The van der Waals surface area contributed by atoms with Crippen LogP contribution in [0.25, 0.3) is 0 Å². The maximum Gasteiger partial charge on any atom is 0.311 e. The lowest BCUT2D eigenvalue weighted by atomic mass is 9.89. The molecule has 2 aliphatic rings. The van der Waals surface area contributed by atoms with E-state index in [1.165, 1.54) is 0 Å². The first-order valence-electron chi connectivity index (χ1n) is 11.4. The number of hydrogen-bond acceptors (Lipinski definition) is 7. The van der Waals surface area contributed by atoms with Crippen LogP contribution >= 0.6 is 0 Å². The molecule has 174 valence electrons. The number of hydrogen-bond donors (Lipinski definition) is 0. The predicted molar refractivity (Wildman–Crippen MR) is 112 cm³/mol. The second-order valence-corrected chi connectivity index (χ2v) is 9.14. The summed E-state index contributed by atoms with van der Waals surface area (Å²) >= 11 is 0. The van der Waals surface area contributed by atoms with Gasteiger partial charge in [-0.05, 0) is 44.9 Å². The average molecular weight is 429 g/mol. The van der Waals surface area contributed by atoms with Gasteiger partial charge >= 0.3 is 11.9 Å². The summed E-state index contributed by atoms with van der Waals surface area (Å²) in [7, 11) is 1.73. The Balaban J connectivity index is 2.00. The van der Waals surface area contributed by atoms with Crippen molar-refractivity contribution in [3.05, 3.63) is 0 Å². The smallest absolute Gasteiger partial charge is 0.311 e. The molecule has 0 aromatic carbocycles. The Morgan fingerprint density at radius 3 is 2.47 bits per heavy atom. The highest BCUT2D eigenvalue weighted by Crippen LogP contribution is 2.30. The summed E-state index contributed by atoms with van der Waals surface area (Å²) in [5.41, 5.74) is 0. The summed E-state index contributed by atoms with van der Waals surface area (Å²) in [6.07, 6.45) is 4.08. The molecule has 2 rings (SSSR count). The third kappa shape index (κ3) is 7.50. The Morgan fingerprint density at radius 2 is 1.90 bits per heavy atom. The topological polar surface area (TPSA) is 80.3 Å². The molecule has 8 atom stereocenters. The number of ether oxygens (including phenoxy) is 5. The number of carbonyl (C=O) groups excluding carboxylic acids is 2. The normalized spacial score (nSPS) is 30.5. The zero-order valence-corrected chi connectivity index (χ0v) is 19.4. The third-order valence-corrected chi connectivity index (χ3v) is 6.19. The van der Waals surface area contributed by atoms with Gasteiger partial charge in [0.2, 0.25) is 0 Å². The van der Waals surface area contributed by atoms with Crippen molar-refractivity contribution < 1.29 is 33.3 Å². The summed E-state index contributed by atoms with van der Waals surface area (Å²) in [5.74, 6) is -0.311. The van der Waals surface area contributed by atoms with Crippen LogP contribution in [0.2, 0.25) is 0 Å². The predicted octanol–water partition coefficient (Wildman–Crippen LogP) is 3.87. The van der Waals surface area contributed by atoms with Crippen LogP contribution in [0.3, 0.4) is 0 Å². The van der Waals surface area contributed by atoms with Crippen LogP contribution in [0.4, 0.5) is 0 Å². The second-order valence-electron chi connectivity index (χ2n) is 9.14. The Labute approximate surface area is 181 Å². The summed E-state index contributed by atoms with van der Waals surface area (Å²) in [5, 5.41) is 0. The van der Waals surface area contributed by atoms with Crippen molar-refractivity contribution in [2.45, 2.75) is 104 Å². The molecular formula is C23H40O7. The highest BCUT2D eigenvalue weighted by Gasteiger charge is 2.36. The average Bonchev–Trinajstić information content (AvgIpc) is 2.66. The molecule has 0 bridgehead atoms. The fraction of sp³-hybridized carbons (Fsp3) is 0.913. The first-order valence-corrected chi connectivity index (χ1v) is 11.4. The van der Waals surface area contributed by atoms with Gasteiger partial charge in [-0.25, -0.2) is 0 Å². The molecule has 30 heavy (non-hydrogen) atoms. The van der Waals surface area contributed by atoms with E-state index in [1.54, 1.807) is 7.11 Å². The van der Waals surface area contributed by atoms with Crippen LogP contribution in [0.15, 0.2) is 0 Å². The lowest BCUT2D eigenvalue weighted by Gasteiger charge is -2.37. The first-order chi connectivity index (χ1) is 14.2. The summed E-state index contributed by atoms with van der Waals surface area (Å²) < 4.78 is 28.4.